The quantitative estimate of drug-likeness (QED) is 0.706. The van der Waals surface area contributed by atoms with Crippen LogP contribution < -0.4 is 5.43 Å². The highest BCUT2D eigenvalue weighted by Gasteiger charge is 2.20. The molecule has 0 N–H and O–H groups in total. The summed E-state index contributed by atoms with van der Waals surface area (Å²) in [6.07, 6.45) is 4.14. The van der Waals surface area contributed by atoms with Crippen molar-refractivity contribution in [2.75, 3.05) is 13.1 Å². The molecule has 3 heteroatoms. The molecule has 4 rings (SSSR count). The number of benzene rings is 2. The number of hydrogen-bond donors (Lipinski definition) is 0. The first-order chi connectivity index (χ1) is 11.7. The molecule has 0 aliphatic carbocycles. The Labute approximate surface area is 141 Å². The van der Waals surface area contributed by atoms with Crippen LogP contribution in [0.4, 0.5) is 0 Å². The zero-order valence-electron chi connectivity index (χ0n) is 13.9. The zero-order valence-corrected chi connectivity index (χ0v) is 13.9. The molecule has 1 fully saturated rings. The second-order valence-electron chi connectivity index (χ2n) is 6.52. The number of para-hydroxylation sites is 1. The van der Waals surface area contributed by atoms with Gasteiger partial charge in [-0.1, -0.05) is 30.3 Å². The smallest absolute Gasteiger partial charge is 0.200 e. The first-order valence-corrected chi connectivity index (χ1v) is 8.59. The molecule has 2 aromatic carbocycles. The molecule has 2 heterocycles. The molecule has 1 atom stereocenters. The minimum atomic E-state index is 0.0304. The Bertz CT molecular complexity index is 922. The van der Waals surface area contributed by atoms with E-state index in [4.69, 9.17) is 4.42 Å². The second-order valence-corrected chi connectivity index (χ2v) is 6.52. The Hall–Kier alpha value is -2.39. The summed E-state index contributed by atoms with van der Waals surface area (Å²) in [7, 11) is 0. The highest BCUT2D eigenvalue weighted by molar-refractivity contribution is 5.81. The molecule has 0 radical (unpaired) electrons. The van der Waals surface area contributed by atoms with Crippen molar-refractivity contribution in [2.45, 2.75) is 25.8 Å². The fourth-order valence-electron chi connectivity index (χ4n) is 3.58. The molecular weight excluding hydrogens is 298 g/mol. The maximum atomic E-state index is 12.8. The van der Waals surface area contributed by atoms with Gasteiger partial charge in [-0.25, -0.2) is 0 Å². The van der Waals surface area contributed by atoms with Crippen LogP contribution >= 0.6 is 0 Å². The van der Waals surface area contributed by atoms with Crippen molar-refractivity contribution in [3.63, 3.8) is 0 Å². The average molecular weight is 319 g/mol. The van der Waals surface area contributed by atoms with Gasteiger partial charge in [0.25, 0.3) is 0 Å². The molecule has 1 aliphatic rings. The van der Waals surface area contributed by atoms with Crippen LogP contribution in [0.25, 0.3) is 22.1 Å². The molecule has 122 valence electrons. The highest BCUT2D eigenvalue weighted by Crippen LogP contribution is 2.28. The van der Waals surface area contributed by atoms with Crippen molar-refractivity contribution >= 4 is 11.0 Å². The molecule has 0 amide bonds. The number of rotatable bonds is 3. The monoisotopic (exact) mass is 319 g/mol. The van der Waals surface area contributed by atoms with E-state index in [1.807, 2.05) is 36.4 Å². The lowest BCUT2D eigenvalue weighted by Gasteiger charge is -2.24. The van der Waals surface area contributed by atoms with Crippen molar-refractivity contribution in [1.82, 2.24) is 4.90 Å². The van der Waals surface area contributed by atoms with E-state index >= 15 is 0 Å². The van der Waals surface area contributed by atoms with E-state index in [9.17, 15) is 4.79 Å². The molecule has 1 aliphatic heterocycles. The molecule has 0 saturated carbocycles. The van der Waals surface area contributed by atoms with Crippen molar-refractivity contribution in [3.05, 3.63) is 70.6 Å². The molecular formula is C21H21NO2. The van der Waals surface area contributed by atoms with E-state index < -0.39 is 0 Å². The molecule has 24 heavy (non-hydrogen) atoms. The number of fused-ring (bicyclic) bond motifs is 1. The first kappa shape index (κ1) is 15.2. The van der Waals surface area contributed by atoms with Gasteiger partial charge in [-0.15, -0.1) is 0 Å². The van der Waals surface area contributed by atoms with Gasteiger partial charge in [0.05, 0.1) is 10.9 Å². The lowest BCUT2D eigenvalue weighted by molar-refractivity contribution is 0.263. The number of nitrogens with zero attached hydrogens (tertiary/aromatic N) is 1. The topological polar surface area (TPSA) is 33.5 Å². The van der Waals surface area contributed by atoms with Gasteiger partial charge in [-0.3, -0.25) is 9.69 Å². The fourth-order valence-corrected chi connectivity index (χ4v) is 3.58. The van der Waals surface area contributed by atoms with Gasteiger partial charge in [0.1, 0.15) is 11.8 Å². The maximum Gasteiger partial charge on any atom is 0.200 e. The minimum Gasteiger partial charge on any atom is -0.463 e. The van der Waals surface area contributed by atoms with E-state index in [0.29, 0.717) is 22.6 Å². The van der Waals surface area contributed by atoms with E-state index in [-0.39, 0.29) is 5.43 Å². The Balaban J connectivity index is 1.76. The van der Waals surface area contributed by atoms with Gasteiger partial charge < -0.3 is 4.42 Å². The standard InChI is InChI=1S/C21H21NO2/c1-15(22-11-4-5-12-22)16-7-6-8-17(13-16)19-14-24-20-10-3-2-9-18(20)21(19)23/h2-3,6-10,13-15H,4-5,11-12H2,1H3/t15-/m1/s1. The normalized spacial score (nSPS) is 16.5. The van der Waals surface area contributed by atoms with Crippen molar-refractivity contribution in [1.29, 1.82) is 0 Å². The van der Waals surface area contributed by atoms with Crippen LogP contribution in [0.1, 0.15) is 31.4 Å². The largest absolute Gasteiger partial charge is 0.463 e. The Kier molecular flexibility index (Phi) is 3.95. The second kappa shape index (κ2) is 6.25. The number of likely N-dealkylation sites (tertiary alicyclic amines) is 1. The summed E-state index contributed by atoms with van der Waals surface area (Å²) in [5.41, 5.74) is 3.47. The predicted octanol–water partition coefficient (Wildman–Crippen LogP) is 4.62. The van der Waals surface area contributed by atoms with Gasteiger partial charge in [0, 0.05) is 6.04 Å². The van der Waals surface area contributed by atoms with Gasteiger partial charge >= 0.3 is 0 Å². The molecule has 0 unspecified atom stereocenters. The van der Waals surface area contributed by atoms with Crippen molar-refractivity contribution in [3.8, 4) is 11.1 Å². The molecule has 3 aromatic rings. The Morgan fingerprint density at radius 1 is 1.04 bits per heavy atom. The van der Waals surface area contributed by atoms with Crippen molar-refractivity contribution in [2.24, 2.45) is 0 Å². The van der Waals surface area contributed by atoms with E-state index in [0.717, 1.165) is 18.7 Å². The van der Waals surface area contributed by atoms with Crippen LogP contribution in [0.5, 0.6) is 0 Å². The average Bonchev–Trinajstić information content (AvgIpc) is 3.16. The maximum absolute atomic E-state index is 12.8. The van der Waals surface area contributed by atoms with Crippen LogP contribution in [0.15, 0.2) is 64.0 Å². The first-order valence-electron chi connectivity index (χ1n) is 8.59. The summed E-state index contributed by atoms with van der Waals surface area (Å²) < 4.78 is 5.67. The Morgan fingerprint density at radius 3 is 2.67 bits per heavy atom. The Morgan fingerprint density at radius 2 is 1.83 bits per heavy atom. The minimum absolute atomic E-state index is 0.0304. The van der Waals surface area contributed by atoms with E-state index in [2.05, 4.69) is 24.0 Å². The summed E-state index contributed by atoms with van der Waals surface area (Å²) in [5, 5.41) is 0.632. The summed E-state index contributed by atoms with van der Waals surface area (Å²) in [4.78, 5) is 15.3. The number of hydrogen-bond acceptors (Lipinski definition) is 3. The summed E-state index contributed by atoms with van der Waals surface area (Å²) >= 11 is 0. The molecule has 1 saturated heterocycles. The summed E-state index contributed by atoms with van der Waals surface area (Å²) in [6, 6.07) is 16.1. The molecule has 0 bridgehead atoms. The van der Waals surface area contributed by atoms with Crippen LogP contribution in [0.2, 0.25) is 0 Å². The highest BCUT2D eigenvalue weighted by atomic mass is 16.3. The van der Waals surface area contributed by atoms with Crippen molar-refractivity contribution < 1.29 is 4.42 Å². The van der Waals surface area contributed by atoms with E-state index in [1.54, 1.807) is 6.26 Å². The third kappa shape index (κ3) is 2.65. The van der Waals surface area contributed by atoms with Gasteiger partial charge in [0.2, 0.25) is 0 Å². The fraction of sp³-hybridized carbons (Fsp3) is 0.286. The zero-order chi connectivity index (χ0) is 16.5. The van der Waals surface area contributed by atoms with Gasteiger partial charge in [-0.05, 0) is 62.2 Å². The van der Waals surface area contributed by atoms with Gasteiger partial charge in [0.15, 0.2) is 5.43 Å². The SMILES string of the molecule is C[C@H](c1cccc(-c2coc3ccccc3c2=O)c1)N1CCCC1. The van der Waals surface area contributed by atoms with E-state index in [1.165, 1.54) is 18.4 Å². The lowest BCUT2D eigenvalue weighted by Crippen LogP contribution is -2.23. The van der Waals surface area contributed by atoms with Crippen LogP contribution in [0.3, 0.4) is 0 Å². The van der Waals surface area contributed by atoms with Crippen LogP contribution in [-0.2, 0) is 0 Å². The molecule has 1 aromatic heterocycles. The van der Waals surface area contributed by atoms with Gasteiger partial charge in [-0.2, -0.15) is 0 Å². The molecule has 0 spiro atoms. The lowest BCUT2D eigenvalue weighted by atomic mass is 9.99. The summed E-state index contributed by atoms with van der Waals surface area (Å²) in [6.45, 7) is 4.56. The summed E-state index contributed by atoms with van der Waals surface area (Å²) in [5.74, 6) is 0. The molecule has 3 nitrogen and oxygen atoms in total. The van der Waals surface area contributed by atoms with Crippen LogP contribution in [-0.4, -0.2) is 18.0 Å². The predicted molar refractivity (Wildman–Crippen MR) is 97.1 cm³/mol. The third-order valence-corrected chi connectivity index (χ3v) is 5.05. The van der Waals surface area contributed by atoms with Crippen LogP contribution in [0, 0.1) is 0 Å². The third-order valence-electron chi connectivity index (χ3n) is 5.05.